The Morgan fingerprint density at radius 2 is 2.43 bits per heavy atom. The van der Waals surface area contributed by atoms with Gasteiger partial charge in [0, 0.05) is 12.7 Å². The van der Waals surface area contributed by atoms with Crippen molar-refractivity contribution >= 4 is 18.3 Å². The highest BCUT2D eigenvalue weighted by atomic mass is 16.5. The molecular weight excluding hydrogens is 177 g/mol. The van der Waals surface area contributed by atoms with E-state index in [4.69, 9.17) is 4.65 Å². The molecule has 0 fully saturated rings. The summed E-state index contributed by atoms with van der Waals surface area (Å²) in [5.74, 6) is 0. The van der Waals surface area contributed by atoms with Gasteiger partial charge < -0.3 is 15.0 Å². The van der Waals surface area contributed by atoms with E-state index in [0.29, 0.717) is 6.61 Å². The van der Waals surface area contributed by atoms with Crippen LogP contribution < -0.4 is 10.8 Å². The SMILES string of the molecule is C=C(NC)c1ccc2c(c1)B(O)OC2. The lowest BCUT2D eigenvalue weighted by Crippen LogP contribution is -2.28. The average Bonchev–Trinajstić information content (AvgIpc) is 2.59. The summed E-state index contributed by atoms with van der Waals surface area (Å²) in [5, 5.41) is 12.5. The van der Waals surface area contributed by atoms with E-state index in [1.807, 2.05) is 25.2 Å². The quantitative estimate of drug-likeness (QED) is 0.648. The first-order valence-electron chi connectivity index (χ1n) is 4.52. The van der Waals surface area contributed by atoms with Gasteiger partial charge in [0.05, 0.1) is 6.61 Å². The number of fused-ring (bicyclic) bond motifs is 1. The van der Waals surface area contributed by atoms with Gasteiger partial charge in [-0.25, -0.2) is 0 Å². The second-order valence-corrected chi connectivity index (χ2v) is 3.31. The molecule has 0 saturated carbocycles. The third-order valence-electron chi connectivity index (χ3n) is 2.46. The lowest BCUT2D eigenvalue weighted by molar-refractivity contribution is 0.275. The predicted molar refractivity (Wildman–Crippen MR) is 56.9 cm³/mol. The molecule has 3 nitrogen and oxygen atoms in total. The summed E-state index contributed by atoms with van der Waals surface area (Å²) in [6.07, 6.45) is 0. The molecule has 0 unspecified atom stereocenters. The second kappa shape index (κ2) is 3.48. The van der Waals surface area contributed by atoms with Crippen LogP contribution in [0.15, 0.2) is 24.8 Å². The van der Waals surface area contributed by atoms with Gasteiger partial charge in [0.25, 0.3) is 0 Å². The highest BCUT2D eigenvalue weighted by Crippen LogP contribution is 2.14. The lowest BCUT2D eigenvalue weighted by atomic mass is 9.78. The zero-order chi connectivity index (χ0) is 10.1. The van der Waals surface area contributed by atoms with E-state index in [-0.39, 0.29) is 0 Å². The minimum Gasteiger partial charge on any atom is -0.423 e. The first-order valence-corrected chi connectivity index (χ1v) is 4.52. The van der Waals surface area contributed by atoms with Crippen molar-refractivity contribution < 1.29 is 9.68 Å². The molecule has 0 saturated heterocycles. The van der Waals surface area contributed by atoms with Crippen LogP contribution >= 0.6 is 0 Å². The topological polar surface area (TPSA) is 41.5 Å². The molecule has 2 N–H and O–H groups in total. The van der Waals surface area contributed by atoms with Gasteiger partial charge in [-0.2, -0.15) is 0 Å². The van der Waals surface area contributed by atoms with Crippen LogP contribution in [0, 0.1) is 0 Å². The fourth-order valence-corrected chi connectivity index (χ4v) is 1.55. The van der Waals surface area contributed by atoms with Crippen LogP contribution in [0.4, 0.5) is 0 Å². The maximum atomic E-state index is 9.49. The predicted octanol–water partition coefficient (Wildman–Crippen LogP) is 0.0944. The molecule has 14 heavy (non-hydrogen) atoms. The van der Waals surface area contributed by atoms with Crippen LogP contribution in [0.5, 0.6) is 0 Å². The molecule has 1 aliphatic rings. The molecule has 72 valence electrons. The van der Waals surface area contributed by atoms with Gasteiger partial charge >= 0.3 is 7.12 Å². The number of nitrogens with one attached hydrogen (secondary N) is 1. The minimum atomic E-state index is -0.783. The molecule has 1 aliphatic heterocycles. The van der Waals surface area contributed by atoms with Crippen molar-refractivity contribution in [3.8, 4) is 0 Å². The molecule has 0 aromatic heterocycles. The molecule has 2 rings (SSSR count). The van der Waals surface area contributed by atoms with E-state index in [2.05, 4.69) is 11.9 Å². The van der Waals surface area contributed by atoms with Crippen molar-refractivity contribution in [1.29, 1.82) is 0 Å². The number of benzene rings is 1. The molecule has 0 radical (unpaired) electrons. The molecule has 0 aliphatic carbocycles. The molecule has 0 atom stereocenters. The normalized spacial score (nSPS) is 14.0. The van der Waals surface area contributed by atoms with Crippen LogP contribution in [-0.4, -0.2) is 19.2 Å². The smallest absolute Gasteiger partial charge is 0.423 e. The van der Waals surface area contributed by atoms with Crippen molar-refractivity contribution in [3.63, 3.8) is 0 Å². The van der Waals surface area contributed by atoms with Gasteiger partial charge in [0.1, 0.15) is 0 Å². The third kappa shape index (κ3) is 1.43. The summed E-state index contributed by atoms with van der Waals surface area (Å²) in [6.45, 7) is 4.35. The van der Waals surface area contributed by atoms with Crippen molar-refractivity contribution in [2.45, 2.75) is 6.61 Å². The van der Waals surface area contributed by atoms with Crippen molar-refractivity contribution in [1.82, 2.24) is 5.32 Å². The van der Waals surface area contributed by atoms with E-state index in [9.17, 15) is 5.02 Å². The molecule has 1 aromatic carbocycles. The Kier molecular flexibility index (Phi) is 2.31. The zero-order valence-electron chi connectivity index (χ0n) is 8.08. The standard InChI is InChI=1S/C10H12BNO2/c1-7(12-2)8-3-4-9-6-14-11(13)10(9)5-8/h3-5,12-13H,1,6H2,2H3. The Hall–Kier alpha value is -1.26. The fraction of sp³-hybridized carbons (Fsp3) is 0.200. The van der Waals surface area contributed by atoms with Gasteiger partial charge in [0.2, 0.25) is 0 Å². The van der Waals surface area contributed by atoms with Crippen LogP contribution in [-0.2, 0) is 11.3 Å². The number of rotatable bonds is 2. The van der Waals surface area contributed by atoms with Gasteiger partial charge in [-0.3, -0.25) is 0 Å². The van der Waals surface area contributed by atoms with E-state index in [1.54, 1.807) is 0 Å². The van der Waals surface area contributed by atoms with Crippen LogP contribution in [0.25, 0.3) is 5.70 Å². The van der Waals surface area contributed by atoms with Gasteiger partial charge in [-0.15, -0.1) is 0 Å². The Balaban J connectivity index is 2.39. The van der Waals surface area contributed by atoms with Crippen LogP contribution in [0.3, 0.4) is 0 Å². The van der Waals surface area contributed by atoms with Crippen molar-refractivity contribution in [2.24, 2.45) is 0 Å². The Morgan fingerprint density at radius 3 is 3.14 bits per heavy atom. The molecule has 0 amide bonds. The Morgan fingerprint density at radius 1 is 1.64 bits per heavy atom. The monoisotopic (exact) mass is 189 g/mol. The van der Waals surface area contributed by atoms with Crippen LogP contribution in [0.1, 0.15) is 11.1 Å². The number of hydrogen-bond acceptors (Lipinski definition) is 3. The van der Waals surface area contributed by atoms with Crippen molar-refractivity contribution in [2.75, 3.05) is 7.05 Å². The third-order valence-corrected chi connectivity index (χ3v) is 2.46. The molecule has 0 bridgehead atoms. The van der Waals surface area contributed by atoms with Gasteiger partial charge in [-0.05, 0) is 16.6 Å². The van der Waals surface area contributed by atoms with Crippen LogP contribution in [0.2, 0.25) is 0 Å². The van der Waals surface area contributed by atoms with E-state index >= 15 is 0 Å². The largest absolute Gasteiger partial charge is 0.491 e. The highest BCUT2D eigenvalue weighted by molar-refractivity contribution is 6.61. The minimum absolute atomic E-state index is 0.489. The van der Waals surface area contributed by atoms with E-state index < -0.39 is 7.12 Å². The molecule has 4 heteroatoms. The summed E-state index contributed by atoms with van der Waals surface area (Å²) in [7, 11) is 1.04. The fourth-order valence-electron chi connectivity index (χ4n) is 1.55. The molecule has 1 heterocycles. The zero-order valence-corrected chi connectivity index (χ0v) is 8.08. The molecule has 0 spiro atoms. The Labute approximate surface area is 83.5 Å². The summed E-state index contributed by atoms with van der Waals surface area (Å²) >= 11 is 0. The first kappa shape index (κ1) is 9.31. The first-order chi connectivity index (χ1) is 6.72. The highest BCUT2D eigenvalue weighted by Gasteiger charge is 2.27. The molecular formula is C10H12BNO2. The maximum absolute atomic E-state index is 9.49. The lowest BCUT2D eigenvalue weighted by Gasteiger charge is -2.06. The average molecular weight is 189 g/mol. The Bertz CT molecular complexity index is 378. The summed E-state index contributed by atoms with van der Waals surface area (Å²) in [4.78, 5) is 0. The number of hydrogen-bond donors (Lipinski definition) is 2. The maximum Gasteiger partial charge on any atom is 0.491 e. The van der Waals surface area contributed by atoms with Gasteiger partial charge in [0.15, 0.2) is 0 Å². The summed E-state index contributed by atoms with van der Waals surface area (Å²) < 4.78 is 5.10. The summed E-state index contributed by atoms with van der Waals surface area (Å²) in [6, 6.07) is 5.84. The van der Waals surface area contributed by atoms with Gasteiger partial charge in [-0.1, -0.05) is 24.8 Å². The summed E-state index contributed by atoms with van der Waals surface area (Å²) in [5.41, 5.74) is 3.71. The van der Waals surface area contributed by atoms with E-state index in [0.717, 1.165) is 22.3 Å². The second-order valence-electron chi connectivity index (χ2n) is 3.31. The van der Waals surface area contributed by atoms with E-state index in [1.165, 1.54) is 0 Å². The van der Waals surface area contributed by atoms with Crippen molar-refractivity contribution in [3.05, 3.63) is 35.9 Å². The molecule has 1 aromatic rings.